The molecule has 5 nitrogen and oxygen atoms in total. The third-order valence-corrected chi connectivity index (χ3v) is 3.38. The summed E-state index contributed by atoms with van der Waals surface area (Å²) in [4.78, 5) is 17.7. The van der Waals surface area contributed by atoms with Gasteiger partial charge in [-0.05, 0) is 30.3 Å². The molecule has 2 heterocycles. The maximum Gasteiger partial charge on any atom is 0.254 e. The fraction of sp³-hybridized carbons (Fsp3) is 0.188. The van der Waals surface area contributed by atoms with E-state index in [-0.39, 0.29) is 17.9 Å². The van der Waals surface area contributed by atoms with Crippen molar-refractivity contribution in [2.24, 2.45) is 0 Å². The lowest BCUT2D eigenvalue weighted by atomic mass is 10.1. The van der Waals surface area contributed by atoms with Gasteiger partial charge in [-0.15, -0.1) is 0 Å². The molecule has 22 heavy (non-hydrogen) atoms. The Morgan fingerprint density at radius 1 is 1.36 bits per heavy atom. The summed E-state index contributed by atoms with van der Waals surface area (Å²) in [5.41, 5.74) is 0.673. The van der Waals surface area contributed by atoms with Crippen LogP contribution in [-0.2, 0) is 0 Å². The zero-order valence-corrected chi connectivity index (χ0v) is 11.6. The van der Waals surface area contributed by atoms with Crippen molar-refractivity contribution in [3.8, 4) is 11.9 Å². The largest absolute Gasteiger partial charge is 0.470 e. The molecule has 0 aliphatic carbocycles. The van der Waals surface area contributed by atoms with E-state index >= 15 is 0 Å². The summed E-state index contributed by atoms with van der Waals surface area (Å²) >= 11 is 0. The molecule has 1 aromatic carbocycles. The number of halogens is 1. The number of aromatic nitrogens is 1. The highest BCUT2D eigenvalue weighted by atomic mass is 19.1. The van der Waals surface area contributed by atoms with E-state index in [1.807, 2.05) is 6.07 Å². The van der Waals surface area contributed by atoms with Crippen molar-refractivity contribution in [3.05, 3.63) is 59.5 Å². The second-order valence-corrected chi connectivity index (χ2v) is 4.93. The minimum Gasteiger partial charge on any atom is -0.470 e. The van der Waals surface area contributed by atoms with Gasteiger partial charge in [0.2, 0.25) is 5.88 Å². The maximum atomic E-state index is 13.1. The first kappa shape index (κ1) is 14.0. The number of ether oxygens (including phenoxy) is 1. The molecular formula is C16H12FN3O2. The molecule has 0 radical (unpaired) electrons. The van der Waals surface area contributed by atoms with Crippen molar-refractivity contribution < 1.29 is 13.9 Å². The van der Waals surface area contributed by atoms with Gasteiger partial charge in [0.05, 0.1) is 13.1 Å². The third-order valence-electron chi connectivity index (χ3n) is 3.38. The lowest BCUT2D eigenvalue weighted by molar-refractivity contribution is 0.0158. The summed E-state index contributed by atoms with van der Waals surface area (Å²) < 4.78 is 18.7. The van der Waals surface area contributed by atoms with Gasteiger partial charge in [-0.25, -0.2) is 9.37 Å². The second-order valence-electron chi connectivity index (χ2n) is 4.93. The van der Waals surface area contributed by atoms with Crippen LogP contribution in [0.1, 0.15) is 15.9 Å². The van der Waals surface area contributed by atoms with Crippen molar-refractivity contribution in [3.63, 3.8) is 0 Å². The van der Waals surface area contributed by atoms with Gasteiger partial charge in [0, 0.05) is 11.8 Å². The summed E-state index contributed by atoms with van der Waals surface area (Å²) in [5.74, 6) is -0.403. The van der Waals surface area contributed by atoms with Crippen LogP contribution in [0.3, 0.4) is 0 Å². The summed E-state index contributed by atoms with van der Waals surface area (Å²) in [7, 11) is 0. The van der Waals surface area contributed by atoms with Gasteiger partial charge in [0.1, 0.15) is 23.6 Å². The smallest absolute Gasteiger partial charge is 0.254 e. The summed E-state index contributed by atoms with van der Waals surface area (Å²) in [6.45, 7) is 0.771. The summed E-state index contributed by atoms with van der Waals surface area (Å²) in [6.07, 6.45) is 1.34. The Hall–Kier alpha value is -2.94. The minimum absolute atomic E-state index is 0.209. The number of benzene rings is 1. The van der Waals surface area contributed by atoms with E-state index in [1.165, 1.54) is 18.2 Å². The molecule has 1 aliphatic heterocycles. The Balaban J connectivity index is 1.60. The predicted octanol–water partition coefficient (Wildman–Crippen LogP) is 2.00. The summed E-state index contributed by atoms with van der Waals surface area (Å²) in [5, 5.41) is 8.97. The summed E-state index contributed by atoms with van der Waals surface area (Å²) in [6, 6.07) is 10.9. The van der Waals surface area contributed by atoms with Crippen molar-refractivity contribution in [1.29, 1.82) is 5.26 Å². The van der Waals surface area contributed by atoms with Crippen LogP contribution in [0.5, 0.6) is 5.88 Å². The average Bonchev–Trinajstić information content (AvgIpc) is 2.50. The van der Waals surface area contributed by atoms with Crippen molar-refractivity contribution >= 4 is 5.91 Å². The van der Waals surface area contributed by atoms with Crippen molar-refractivity contribution in [2.75, 3.05) is 13.1 Å². The van der Waals surface area contributed by atoms with Crippen molar-refractivity contribution in [2.45, 2.75) is 6.10 Å². The number of carbonyl (C=O) groups excluding carboxylic acids is 1. The van der Waals surface area contributed by atoms with Crippen LogP contribution in [0.2, 0.25) is 0 Å². The van der Waals surface area contributed by atoms with Crippen LogP contribution < -0.4 is 4.74 Å². The van der Waals surface area contributed by atoms with Gasteiger partial charge in [-0.2, -0.15) is 5.26 Å². The Labute approximate surface area is 126 Å². The molecule has 1 saturated heterocycles. The number of hydrogen-bond acceptors (Lipinski definition) is 4. The molecule has 1 fully saturated rings. The van der Waals surface area contributed by atoms with Crippen LogP contribution >= 0.6 is 0 Å². The Kier molecular flexibility index (Phi) is 3.71. The molecule has 0 saturated carbocycles. The highest BCUT2D eigenvalue weighted by Crippen LogP contribution is 2.21. The van der Waals surface area contributed by atoms with Gasteiger partial charge >= 0.3 is 0 Å². The van der Waals surface area contributed by atoms with Gasteiger partial charge in [0.15, 0.2) is 0 Å². The standard InChI is InChI=1S/C16H12FN3O2/c17-13-5-1-3-11(7-13)16(21)20-9-14(10-20)22-15-12(8-18)4-2-6-19-15/h1-7,14H,9-10H2. The molecule has 0 atom stereocenters. The molecule has 1 aliphatic rings. The molecule has 0 bridgehead atoms. The Morgan fingerprint density at radius 3 is 2.91 bits per heavy atom. The van der Waals surface area contributed by atoms with Crippen molar-refractivity contribution in [1.82, 2.24) is 9.88 Å². The van der Waals surface area contributed by atoms with Crippen LogP contribution in [-0.4, -0.2) is 35.0 Å². The highest BCUT2D eigenvalue weighted by molar-refractivity contribution is 5.94. The number of pyridine rings is 1. The van der Waals surface area contributed by atoms with Crippen LogP contribution in [0.15, 0.2) is 42.6 Å². The zero-order valence-electron chi connectivity index (χ0n) is 11.6. The first-order valence-corrected chi connectivity index (χ1v) is 6.74. The Bertz CT molecular complexity index is 751. The molecule has 110 valence electrons. The maximum absolute atomic E-state index is 13.1. The van der Waals surface area contributed by atoms with E-state index in [0.29, 0.717) is 24.2 Å². The van der Waals surface area contributed by atoms with Gasteiger partial charge in [-0.3, -0.25) is 4.79 Å². The van der Waals surface area contributed by atoms with E-state index in [4.69, 9.17) is 10.00 Å². The van der Waals surface area contributed by atoms with Gasteiger partial charge in [0.25, 0.3) is 5.91 Å². The van der Waals surface area contributed by atoms with Crippen LogP contribution in [0.4, 0.5) is 4.39 Å². The van der Waals surface area contributed by atoms with Crippen LogP contribution in [0.25, 0.3) is 0 Å². The normalized spacial score (nSPS) is 14.1. The number of rotatable bonds is 3. The monoisotopic (exact) mass is 297 g/mol. The van der Waals surface area contributed by atoms with Gasteiger partial charge < -0.3 is 9.64 Å². The molecule has 1 amide bonds. The fourth-order valence-electron chi connectivity index (χ4n) is 2.21. The predicted molar refractivity (Wildman–Crippen MR) is 75.7 cm³/mol. The zero-order chi connectivity index (χ0) is 15.5. The topological polar surface area (TPSA) is 66.2 Å². The first-order valence-electron chi connectivity index (χ1n) is 6.74. The average molecular weight is 297 g/mol. The molecule has 3 rings (SSSR count). The molecule has 2 aromatic rings. The van der Waals surface area contributed by atoms with E-state index < -0.39 is 5.82 Å². The SMILES string of the molecule is N#Cc1cccnc1OC1CN(C(=O)c2cccc(F)c2)C1. The van der Waals surface area contributed by atoms with E-state index in [1.54, 1.807) is 29.3 Å². The number of nitriles is 1. The Morgan fingerprint density at radius 2 is 2.18 bits per heavy atom. The number of nitrogens with zero attached hydrogens (tertiary/aromatic N) is 3. The quantitative estimate of drug-likeness (QED) is 0.869. The molecular weight excluding hydrogens is 285 g/mol. The molecule has 0 N–H and O–H groups in total. The molecule has 0 spiro atoms. The number of likely N-dealkylation sites (tertiary alicyclic amines) is 1. The second kappa shape index (κ2) is 5.82. The third kappa shape index (κ3) is 2.74. The molecule has 6 heteroatoms. The number of amides is 1. The first-order chi connectivity index (χ1) is 10.7. The number of carbonyl (C=O) groups is 1. The van der Waals surface area contributed by atoms with Crippen LogP contribution in [0, 0.1) is 17.1 Å². The lowest BCUT2D eigenvalue weighted by Crippen LogP contribution is -2.56. The highest BCUT2D eigenvalue weighted by Gasteiger charge is 2.33. The van der Waals surface area contributed by atoms with E-state index in [2.05, 4.69) is 4.98 Å². The minimum atomic E-state index is -0.439. The number of hydrogen-bond donors (Lipinski definition) is 0. The molecule has 0 unspecified atom stereocenters. The van der Waals surface area contributed by atoms with Gasteiger partial charge in [-0.1, -0.05) is 6.07 Å². The fourth-order valence-corrected chi connectivity index (χ4v) is 2.21. The van der Waals surface area contributed by atoms with E-state index in [0.717, 1.165) is 0 Å². The van der Waals surface area contributed by atoms with E-state index in [9.17, 15) is 9.18 Å². The molecule has 1 aromatic heterocycles. The lowest BCUT2D eigenvalue weighted by Gasteiger charge is -2.38.